The summed E-state index contributed by atoms with van der Waals surface area (Å²) in [4.78, 5) is 11.4. The summed E-state index contributed by atoms with van der Waals surface area (Å²) in [5, 5.41) is 22.5. The first-order valence-corrected chi connectivity index (χ1v) is 10.0. The van der Waals surface area contributed by atoms with Crippen molar-refractivity contribution in [3.8, 4) is 5.69 Å². The number of carboxylic acids is 1. The predicted octanol–water partition coefficient (Wildman–Crippen LogP) is 0.685. The van der Waals surface area contributed by atoms with Gasteiger partial charge in [0, 0.05) is 5.39 Å². The summed E-state index contributed by atoms with van der Waals surface area (Å²) in [6, 6.07) is 12.5. The summed E-state index contributed by atoms with van der Waals surface area (Å²) in [5.41, 5.74) is 2.30. The molecule has 0 unspecified atom stereocenters. The number of carbonyl (C=O) groups excluding carboxylic acids is 1. The number of fused-ring (bicyclic) bond motifs is 1. The van der Waals surface area contributed by atoms with Gasteiger partial charge in [-0.25, -0.2) is 0 Å². The predicted molar refractivity (Wildman–Crippen MR) is 103 cm³/mol. The van der Waals surface area contributed by atoms with Crippen LogP contribution in [0.2, 0.25) is 0 Å². The maximum Gasteiger partial charge on any atom is 1.00 e. The van der Waals surface area contributed by atoms with Crippen molar-refractivity contribution in [1.29, 1.82) is 0 Å². The molecule has 4 rings (SSSR count). The Hall–Kier alpha value is -1.26. The second kappa shape index (κ2) is 7.63. The molecule has 1 saturated carbocycles. The van der Waals surface area contributed by atoms with Gasteiger partial charge in [-0.15, -0.1) is 10.2 Å². The third-order valence-electron chi connectivity index (χ3n) is 4.62. The molecule has 1 heterocycles. The summed E-state index contributed by atoms with van der Waals surface area (Å²) in [7, 11) is 0. The van der Waals surface area contributed by atoms with Crippen LogP contribution in [0.5, 0.6) is 0 Å². The zero-order valence-electron chi connectivity index (χ0n) is 15.4. The number of thioether (sulfide) groups is 1. The van der Waals surface area contributed by atoms with Crippen molar-refractivity contribution < 1.29 is 28.8 Å². The third-order valence-corrected chi connectivity index (χ3v) is 6.26. The van der Waals surface area contributed by atoms with Gasteiger partial charge in [0.05, 0.1) is 16.4 Å². The van der Waals surface area contributed by atoms with Gasteiger partial charge in [0.1, 0.15) is 0 Å². The Morgan fingerprint density at radius 2 is 1.85 bits per heavy atom. The Morgan fingerprint density at radius 3 is 2.48 bits per heavy atom. The van der Waals surface area contributed by atoms with E-state index in [0.717, 1.165) is 22.8 Å². The summed E-state index contributed by atoms with van der Waals surface area (Å²) in [5.74, 6) is -0.494. The van der Waals surface area contributed by atoms with E-state index in [4.69, 9.17) is 0 Å². The standard InChI is InChI=1S/C19H18BrN3O2S.Li/c1-19(2,16(24)25)26-18-22-21-17(20)23(18)15-10-9-12(11-7-8-11)13-5-3-4-6-14(13)15;/h3-6,9-11H,7-8H2,1-2H3,(H,24,25);/q;+1/p-1. The minimum Gasteiger partial charge on any atom is -0.549 e. The van der Waals surface area contributed by atoms with Crippen LogP contribution in [0, 0.1) is 0 Å². The molecule has 0 spiro atoms. The minimum atomic E-state index is -1.14. The van der Waals surface area contributed by atoms with Gasteiger partial charge in [-0.05, 0) is 65.6 Å². The molecule has 2 aromatic carbocycles. The number of aliphatic carboxylic acids is 1. The molecule has 1 aromatic heterocycles. The molecule has 5 nitrogen and oxygen atoms in total. The molecule has 27 heavy (non-hydrogen) atoms. The molecule has 1 fully saturated rings. The van der Waals surface area contributed by atoms with E-state index in [1.807, 2.05) is 16.7 Å². The van der Waals surface area contributed by atoms with Crippen LogP contribution in [0.25, 0.3) is 16.5 Å². The molecule has 1 aliphatic carbocycles. The van der Waals surface area contributed by atoms with Gasteiger partial charge in [-0.2, -0.15) is 0 Å². The van der Waals surface area contributed by atoms with Gasteiger partial charge in [-0.1, -0.05) is 42.1 Å². The molecule has 1 aliphatic rings. The Morgan fingerprint density at radius 1 is 1.19 bits per heavy atom. The van der Waals surface area contributed by atoms with Crippen LogP contribution in [0.4, 0.5) is 0 Å². The van der Waals surface area contributed by atoms with E-state index in [-0.39, 0.29) is 18.9 Å². The third kappa shape index (κ3) is 3.84. The zero-order chi connectivity index (χ0) is 18.5. The monoisotopic (exact) mass is 437 g/mol. The molecule has 8 heteroatoms. The Bertz CT molecular complexity index is 1020. The second-order valence-electron chi connectivity index (χ2n) is 6.98. The van der Waals surface area contributed by atoms with E-state index in [1.54, 1.807) is 13.8 Å². The van der Waals surface area contributed by atoms with E-state index in [0.29, 0.717) is 15.8 Å². The summed E-state index contributed by atoms with van der Waals surface area (Å²) in [6.45, 7) is 3.21. The minimum absolute atomic E-state index is 0. The van der Waals surface area contributed by atoms with Crippen molar-refractivity contribution >= 4 is 44.4 Å². The molecule has 134 valence electrons. The van der Waals surface area contributed by atoms with Crippen LogP contribution in [-0.4, -0.2) is 25.5 Å². The van der Waals surface area contributed by atoms with Crippen LogP contribution in [-0.2, 0) is 4.79 Å². The van der Waals surface area contributed by atoms with Gasteiger partial charge in [-0.3, -0.25) is 4.57 Å². The fourth-order valence-electron chi connectivity index (χ4n) is 3.04. The topological polar surface area (TPSA) is 70.8 Å². The molecule has 0 saturated heterocycles. The number of carbonyl (C=O) groups is 1. The number of aromatic nitrogens is 3. The van der Waals surface area contributed by atoms with Crippen molar-refractivity contribution in [3.63, 3.8) is 0 Å². The maximum atomic E-state index is 11.4. The quantitative estimate of drug-likeness (QED) is 0.433. The summed E-state index contributed by atoms with van der Waals surface area (Å²) >= 11 is 4.58. The SMILES string of the molecule is CC(C)(Sc1nnc(Br)n1-c1ccc(C2CC2)c2ccccc12)C(=O)[O-].[Li+]. The zero-order valence-corrected chi connectivity index (χ0v) is 17.8. The molecule has 0 amide bonds. The number of hydrogen-bond acceptors (Lipinski definition) is 5. The fourth-order valence-corrected chi connectivity index (χ4v) is 4.50. The van der Waals surface area contributed by atoms with Gasteiger partial charge in [0.25, 0.3) is 0 Å². The molecule has 0 atom stereocenters. The van der Waals surface area contributed by atoms with Crippen LogP contribution in [0.3, 0.4) is 0 Å². The smallest absolute Gasteiger partial charge is 0.549 e. The summed E-state index contributed by atoms with van der Waals surface area (Å²) < 4.78 is 1.28. The molecule has 0 radical (unpaired) electrons. The number of carboxylic acid groups (broad SMARTS) is 1. The van der Waals surface area contributed by atoms with Crippen LogP contribution in [0.15, 0.2) is 46.3 Å². The van der Waals surface area contributed by atoms with Crippen molar-refractivity contribution in [2.75, 3.05) is 0 Å². The van der Waals surface area contributed by atoms with E-state index >= 15 is 0 Å². The van der Waals surface area contributed by atoms with Crippen LogP contribution >= 0.6 is 27.7 Å². The first-order valence-electron chi connectivity index (χ1n) is 8.42. The molecule has 0 N–H and O–H groups in total. The van der Waals surface area contributed by atoms with Crippen LogP contribution < -0.4 is 24.0 Å². The first kappa shape index (κ1) is 20.5. The molecule has 0 aliphatic heterocycles. The van der Waals surface area contributed by atoms with Crippen molar-refractivity contribution in [1.82, 2.24) is 14.8 Å². The van der Waals surface area contributed by atoms with Gasteiger partial charge < -0.3 is 9.90 Å². The Balaban J connectivity index is 0.00000210. The van der Waals surface area contributed by atoms with Crippen molar-refractivity contribution in [3.05, 3.63) is 46.7 Å². The van der Waals surface area contributed by atoms with Crippen molar-refractivity contribution in [2.24, 2.45) is 0 Å². The maximum absolute atomic E-state index is 11.4. The Labute approximate surface area is 182 Å². The van der Waals surface area contributed by atoms with Gasteiger partial charge >= 0.3 is 18.9 Å². The first-order chi connectivity index (χ1) is 12.4. The number of hydrogen-bond donors (Lipinski definition) is 0. The number of benzene rings is 2. The largest absolute Gasteiger partial charge is 1.00 e. The molecule has 0 bridgehead atoms. The van der Waals surface area contributed by atoms with Crippen LogP contribution in [0.1, 0.15) is 38.2 Å². The number of nitrogens with zero attached hydrogens (tertiary/aromatic N) is 3. The molecular weight excluding hydrogens is 421 g/mol. The number of rotatable bonds is 5. The fraction of sp³-hybridized carbons (Fsp3) is 0.316. The van der Waals surface area contributed by atoms with E-state index in [2.05, 4.69) is 50.4 Å². The van der Waals surface area contributed by atoms with E-state index < -0.39 is 10.7 Å². The van der Waals surface area contributed by atoms with E-state index in [1.165, 1.54) is 23.8 Å². The number of halogens is 1. The van der Waals surface area contributed by atoms with E-state index in [9.17, 15) is 9.90 Å². The Kier molecular flexibility index (Phi) is 5.79. The molecule has 3 aromatic rings. The second-order valence-corrected chi connectivity index (χ2v) is 9.28. The van der Waals surface area contributed by atoms with Gasteiger partial charge in [0.15, 0.2) is 5.16 Å². The molecular formula is C19H17BrLiN3O2S. The average Bonchev–Trinajstić information content (AvgIpc) is 3.39. The van der Waals surface area contributed by atoms with Gasteiger partial charge in [0.2, 0.25) is 4.73 Å². The summed E-state index contributed by atoms with van der Waals surface area (Å²) in [6.07, 6.45) is 2.47. The normalized spacial score (nSPS) is 14.2. The van der Waals surface area contributed by atoms with Crippen molar-refractivity contribution in [2.45, 2.75) is 42.5 Å². The average molecular weight is 438 g/mol.